The summed E-state index contributed by atoms with van der Waals surface area (Å²) >= 11 is 0. The van der Waals surface area contributed by atoms with Gasteiger partial charge in [-0.15, -0.1) is 0 Å². The van der Waals surface area contributed by atoms with Gasteiger partial charge in [0.15, 0.2) is 11.5 Å². The van der Waals surface area contributed by atoms with Crippen molar-refractivity contribution in [2.75, 3.05) is 47.3 Å². The molecular weight excluding hydrogens is 312 g/mol. The van der Waals surface area contributed by atoms with E-state index in [0.29, 0.717) is 31.3 Å². The Bertz CT molecular complexity index is 475. The standard InChI is InChI=1S/C18H28O6/c1-4-5-8-22-9-10-23-11-12-24-18(19)14-15-6-7-16(20-2)17(13-15)21-3/h6-7,13H,4-5,8-12,14H2,1-3H3. The van der Waals surface area contributed by atoms with Crippen LogP contribution in [0.4, 0.5) is 0 Å². The Morgan fingerprint density at radius 1 is 0.917 bits per heavy atom. The number of hydrogen-bond donors (Lipinski definition) is 0. The molecule has 0 N–H and O–H groups in total. The van der Waals surface area contributed by atoms with Crippen LogP contribution < -0.4 is 9.47 Å². The molecule has 1 aromatic rings. The second-order valence-electron chi connectivity index (χ2n) is 5.16. The zero-order valence-corrected chi connectivity index (χ0v) is 14.8. The molecule has 0 aromatic heterocycles. The minimum absolute atomic E-state index is 0.181. The van der Waals surface area contributed by atoms with E-state index >= 15 is 0 Å². The van der Waals surface area contributed by atoms with E-state index in [-0.39, 0.29) is 19.0 Å². The molecule has 6 heteroatoms. The van der Waals surface area contributed by atoms with Crippen LogP contribution in [0.3, 0.4) is 0 Å². The topological polar surface area (TPSA) is 63.2 Å². The molecule has 0 aliphatic heterocycles. The second kappa shape index (κ2) is 12.6. The zero-order valence-electron chi connectivity index (χ0n) is 14.8. The normalized spacial score (nSPS) is 10.5. The zero-order chi connectivity index (χ0) is 17.6. The maximum Gasteiger partial charge on any atom is 0.310 e. The highest BCUT2D eigenvalue weighted by atomic mass is 16.6. The van der Waals surface area contributed by atoms with Crippen molar-refractivity contribution in [3.05, 3.63) is 23.8 Å². The predicted octanol–water partition coefficient (Wildman–Crippen LogP) is 2.62. The Labute approximate surface area is 144 Å². The van der Waals surface area contributed by atoms with Crippen LogP contribution in [0, 0.1) is 0 Å². The Kier molecular flexibility index (Phi) is 10.6. The molecule has 0 unspecified atom stereocenters. The van der Waals surface area contributed by atoms with Crippen LogP contribution in [0.25, 0.3) is 0 Å². The average molecular weight is 340 g/mol. The first-order valence-corrected chi connectivity index (χ1v) is 8.23. The third-order valence-electron chi connectivity index (χ3n) is 3.30. The fraction of sp³-hybridized carbons (Fsp3) is 0.611. The van der Waals surface area contributed by atoms with Gasteiger partial charge in [0.25, 0.3) is 0 Å². The van der Waals surface area contributed by atoms with Crippen LogP contribution in [0.5, 0.6) is 11.5 Å². The summed E-state index contributed by atoms with van der Waals surface area (Å²) in [5.41, 5.74) is 0.808. The maximum atomic E-state index is 11.8. The fourth-order valence-corrected chi connectivity index (χ4v) is 1.99. The van der Waals surface area contributed by atoms with E-state index < -0.39 is 0 Å². The number of carbonyl (C=O) groups is 1. The molecule has 136 valence electrons. The lowest BCUT2D eigenvalue weighted by Crippen LogP contribution is -2.14. The summed E-state index contributed by atoms with van der Waals surface area (Å²) in [6, 6.07) is 5.35. The number of rotatable bonds is 13. The minimum Gasteiger partial charge on any atom is -0.493 e. The highest BCUT2D eigenvalue weighted by Gasteiger charge is 2.09. The van der Waals surface area contributed by atoms with E-state index in [2.05, 4.69) is 6.92 Å². The molecule has 0 radical (unpaired) electrons. The van der Waals surface area contributed by atoms with Crippen molar-refractivity contribution >= 4 is 5.97 Å². The van der Waals surface area contributed by atoms with Crippen molar-refractivity contribution in [1.29, 1.82) is 0 Å². The minimum atomic E-state index is -0.301. The van der Waals surface area contributed by atoms with Crippen molar-refractivity contribution in [1.82, 2.24) is 0 Å². The van der Waals surface area contributed by atoms with Crippen LogP contribution in [0.1, 0.15) is 25.3 Å². The van der Waals surface area contributed by atoms with Crippen molar-refractivity contribution in [3.63, 3.8) is 0 Å². The Hall–Kier alpha value is -1.79. The molecule has 0 aliphatic carbocycles. The van der Waals surface area contributed by atoms with Gasteiger partial charge in [-0.1, -0.05) is 19.4 Å². The average Bonchev–Trinajstić information content (AvgIpc) is 2.60. The number of esters is 1. The predicted molar refractivity (Wildman–Crippen MR) is 90.8 cm³/mol. The summed E-state index contributed by atoms with van der Waals surface area (Å²) in [4.78, 5) is 11.8. The third kappa shape index (κ3) is 8.17. The Morgan fingerprint density at radius 3 is 2.25 bits per heavy atom. The summed E-state index contributed by atoms with van der Waals surface area (Å²) in [6.07, 6.45) is 2.37. The molecule has 0 aliphatic rings. The van der Waals surface area contributed by atoms with Crippen LogP contribution in [0.2, 0.25) is 0 Å². The summed E-state index contributed by atoms with van der Waals surface area (Å²) in [5.74, 6) is 0.920. The first kappa shape index (κ1) is 20.3. The largest absolute Gasteiger partial charge is 0.493 e. The number of methoxy groups -OCH3 is 2. The third-order valence-corrected chi connectivity index (χ3v) is 3.30. The molecule has 0 saturated carbocycles. The summed E-state index contributed by atoms with van der Waals surface area (Å²) in [6.45, 7) is 4.57. The van der Waals surface area contributed by atoms with Gasteiger partial charge in [-0.25, -0.2) is 0 Å². The van der Waals surface area contributed by atoms with E-state index in [1.807, 2.05) is 6.07 Å². The highest BCUT2D eigenvalue weighted by Crippen LogP contribution is 2.27. The molecule has 24 heavy (non-hydrogen) atoms. The molecule has 0 heterocycles. The monoisotopic (exact) mass is 340 g/mol. The van der Waals surface area contributed by atoms with E-state index in [4.69, 9.17) is 23.7 Å². The number of benzene rings is 1. The first-order valence-electron chi connectivity index (χ1n) is 8.23. The van der Waals surface area contributed by atoms with Gasteiger partial charge in [0.05, 0.1) is 40.5 Å². The van der Waals surface area contributed by atoms with Gasteiger partial charge in [-0.05, 0) is 24.1 Å². The summed E-state index contributed by atoms with van der Waals surface area (Å²) < 4.78 is 26.2. The molecule has 0 spiro atoms. The lowest BCUT2D eigenvalue weighted by atomic mass is 10.1. The lowest BCUT2D eigenvalue weighted by molar-refractivity contribution is -0.144. The fourth-order valence-electron chi connectivity index (χ4n) is 1.99. The molecule has 0 amide bonds. The van der Waals surface area contributed by atoms with Crippen LogP contribution >= 0.6 is 0 Å². The quantitative estimate of drug-likeness (QED) is 0.406. The smallest absolute Gasteiger partial charge is 0.310 e. The maximum absolute atomic E-state index is 11.8. The van der Waals surface area contributed by atoms with Crippen LogP contribution in [-0.2, 0) is 25.4 Å². The van der Waals surface area contributed by atoms with Gasteiger partial charge in [-0.3, -0.25) is 4.79 Å². The molecule has 1 aromatic carbocycles. The van der Waals surface area contributed by atoms with Crippen molar-refractivity contribution in [2.24, 2.45) is 0 Å². The second-order valence-corrected chi connectivity index (χ2v) is 5.16. The van der Waals surface area contributed by atoms with Gasteiger partial charge < -0.3 is 23.7 Å². The number of unbranched alkanes of at least 4 members (excludes halogenated alkanes) is 1. The van der Waals surface area contributed by atoms with Crippen LogP contribution in [-0.4, -0.2) is 53.2 Å². The summed E-state index contributed by atoms with van der Waals surface area (Å²) in [5, 5.41) is 0. The van der Waals surface area contributed by atoms with Gasteiger partial charge >= 0.3 is 5.97 Å². The molecule has 6 nitrogen and oxygen atoms in total. The van der Waals surface area contributed by atoms with Crippen molar-refractivity contribution in [2.45, 2.75) is 26.2 Å². The molecule has 0 bridgehead atoms. The first-order chi connectivity index (χ1) is 11.7. The Morgan fingerprint density at radius 2 is 1.58 bits per heavy atom. The number of carbonyl (C=O) groups excluding carboxylic acids is 1. The summed E-state index contributed by atoms with van der Waals surface area (Å²) in [7, 11) is 3.13. The van der Waals surface area contributed by atoms with E-state index in [1.165, 1.54) is 0 Å². The van der Waals surface area contributed by atoms with Gasteiger partial charge in [0.2, 0.25) is 0 Å². The van der Waals surface area contributed by atoms with Crippen molar-refractivity contribution < 1.29 is 28.5 Å². The molecular formula is C18H28O6. The van der Waals surface area contributed by atoms with E-state index in [1.54, 1.807) is 26.4 Å². The van der Waals surface area contributed by atoms with E-state index in [9.17, 15) is 4.79 Å². The molecule has 0 saturated heterocycles. The van der Waals surface area contributed by atoms with E-state index in [0.717, 1.165) is 25.0 Å². The van der Waals surface area contributed by atoms with Gasteiger partial charge in [-0.2, -0.15) is 0 Å². The highest BCUT2D eigenvalue weighted by molar-refractivity contribution is 5.73. The SMILES string of the molecule is CCCCOCCOCCOC(=O)Cc1ccc(OC)c(OC)c1. The lowest BCUT2D eigenvalue weighted by Gasteiger charge is -2.10. The van der Waals surface area contributed by atoms with Crippen LogP contribution in [0.15, 0.2) is 18.2 Å². The number of hydrogen-bond acceptors (Lipinski definition) is 6. The molecule has 0 fully saturated rings. The van der Waals surface area contributed by atoms with Gasteiger partial charge in [0.1, 0.15) is 6.61 Å². The molecule has 0 atom stereocenters. The van der Waals surface area contributed by atoms with Gasteiger partial charge in [0, 0.05) is 6.61 Å². The molecule has 1 rings (SSSR count). The van der Waals surface area contributed by atoms with Crippen molar-refractivity contribution in [3.8, 4) is 11.5 Å². The number of ether oxygens (including phenoxy) is 5. The Balaban J connectivity index is 2.16.